The summed E-state index contributed by atoms with van der Waals surface area (Å²) in [6, 6.07) is 0. The predicted octanol–water partition coefficient (Wildman–Crippen LogP) is 3.08. The first kappa shape index (κ1) is 15.0. The fourth-order valence-electron chi connectivity index (χ4n) is 1.64. The Hall–Kier alpha value is -1.07. The molecule has 0 bridgehead atoms. The van der Waals surface area contributed by atoms with Gasteiger partial charge in [-0.15, -0.1) is 11.3 Å². The molecule has 1 rings (SSSR count). The standard InChI is InChI=1S/C12H16ClNO3S/c1-4-12(5-2,11(16)17)14-10(15)9-8(13)7(3)6-18-9/h6H,4-5H2,1-3H3,(H,14,15)(H,16,17). The summed E-state index contributed by atoms with van der Waals surface area (Å²) in [4.78, 5) is 23.7. The lowest BCUT2D eigenvalue weighted by Gasteiger charge is -2.27. The van der Waals surface area contributed by atoms with E-state index in [1.54, 1.807) is 26.2 Å². The minimum Gasteiger partial charge on any atom is -0.480 e. The molecule has 0 aliphatic heterocycles. The molecule has 0 radical (unpaired) electrons. The highest BCUT2D eigenvalue weighted by Crippen LogP contribution is 2.28. The third-order valence-electron chi connectivity index (χ3n) is 3.07. The van der Waals surface area contributed by atoms with Crippen molar-refractivity contribution in [1.29, 1.82) is 0 Å². The number of hydrogen-bond donors (Lipinski definition) is 2. The van der Waals surface area contributed by atoms with Crippen molar-refractivity contribution in [2.75, 3.05) is 0 Å². The van der Waals surface area contributed by atoms with Crippen molar-refractivity contribution in [2.24, 2.45) is 0 Å². The van der Waals surface area contributed by atoms with E-state index in [1.165, 1.54) is 11.3 Å². The van der Waals surface area contributed by atoms with Crippen LogP contribution in [0.3, 0.4) is 0 Å². The van der Waals surface area contributed by atoms with Gasteiger partial charge >= 0.3 is 5.97 Å². The minimum atomic E-state index is -1.22. The fourth-order valence-corrected chi connectivity index (χ4v) is 2.81. The third-order valence-corrected chi connectivity index (χ3v) is 4.77. The number of carboxylic acids is 1. The first-order valence-corrected chi connectivity index (χ1v) is 6.93. The molecule has 0 fully saturated rings. The van der Waals surface area contributed by atoms with Gasteiger partial charge in [0.25, 0.3) is 5.91 Å². The maximum atomic E-state index is 12.1. The highest BCUT2D eigenvalue weighted by molar-refractivity contribution is 7.13. The second kappa shape index (κ2) is 5.71. The lowest BCUT2D eigenvalue weighted by Crippen LogP contribution is -2.53. The van der Waals surface area contributed by atoms with Crippen molar-refractivity contribution in [3.8, 4) is 0 Å². The van der Waals surface area contributed by atoms with Crippen molar-refractivity contribution in [1.82, 2.24) is 5.32 Å². The van der Waals surface area contributed by atoms with Gasteiger partial charge in [0.05, 0.1) is 5.02 Å². The molecule has 100 valence electrons. The molecule has 0 aliphatic rings. The van der Waals surface area contributed by atoms with Crippen molar-refractivity contribution < 1.29 is 14.7 Å². The molecule has 1 heterocycles. The Morgan fingerprint density at radius 1 is 1.44 bits per heavy atom. The van der Waals surface area contributed by atoms with Crippen LogP contribution in [0.4, 0.5) is 0 Å². The highest BCUT2D eigenvalue weighted by Gasteiger charge is 2.37. The number of aliphatic carboxylic acids is 1. The zero-order valence-electron chi connectivity index (χ0n) is 10.5. The first-order chi connectivity index (χ1) is 8.38. The zero-order valence-corrected chi connectivity index (χ0v) is 12.1. The number of carbonyl (C=O) groups excluding carboxylic acids is 1. The largest absolute Gasteiger partial charge is 0.480 e. The Morgan fingerprint density at radius 3 is 2.33 bits per heavy atom. The van der Waals surface area contributed by atoms with Gasteiger partial charge in [0.2, 0.25) is 0 Å². The average Bonchev–Trinajstić information content (AvgIpc) is 2.66. The van der Waals surface area contributed by atoms with E-state index in [1.807, 2.05) is 0 Å². The second-order valence-corrected chi connectivity index (χ2v) is 5.37. The fraction of sp³-hybridized carbons (Fsp3) is 0.500. The van der Waals surface area contributed by atoms with E-state index in [-0.39, 0.29) is 0 Å². The molecule has 0 saturated carbocycles. The summed E-state index contributed by atoms with van der Waals surface area (Å²) in [5, 5.41) is 14.0. The lowest BCUT2D eigenvalue weighted by molar-refractivity contribution is -0.144. The van der Waals surface area contributed by atoms with Crippen LogP contribution in [0.1, 0.15) is 41.9 Å². The van der Waals surface area contributed by atoms with Crippen LogP contribution < -0.4 is 5.32 Å². The quantitative estimate of drug-likeness (QED) is 0.875. The van der Waals surface area contributed by atoms with Crippen LogP contribution in [0.2, 0.25) is 5.02 Å². The molecule has 0 saturated heterocycles. The van der Waals surface area contributed by atoms with E-state index >= 15 is 0 Å². The zero-order chi connectivity index (χ0) is 13.9. The van der Waals surface area contributed by atoms with Crippen molar-refractivity contribution in [2.45, 2.75) is 39.2 Å². The van der Waals surface area contributed by atoms with Crippen molar-refractivity contribution >= 4 is 34.8 Å². The maximum absolute atomic E-state index is 12.1. The van der Waals surface area contributed by atoms with E-state index in [4.69, 9.17) is 11.6 Å². The SMILES string of the molecule is CCC(CC)(NC(=O)c1scc(C)c1Cl)C(=O)O. The van der Waals surface area contributed by atoms with E-state index in [0.29, 0.717) is 22.7 Å². The van der Waals surface area contributed by atoms with Crippen molar-refractivity contribution in [3.05, 3.63) is 20.8 Å². The topological polar surface area (TPSA) is 66.4 Å². The number of aryl methyl sites for hydroxylation is 1. The number of hydrogen-bond acceptors (Lipinski definition) is 3. The van der Waals surface area contributed by atoms with Gasteiger partial charge in [0, 0.05) is 0 Å². The number of rotatable bonds is 5. The average molecular weight is 290 g/mol. The highest BCUT2D eigenvalue weighted by atomic mass is 35.5. The van der Waals surface area contributed by atoms with Gasteiger partial charge in [-0.05, 0) is 30.7 Å². The van der Waals surface area contributed by atoms with Crippen LogP contribution in [-0.2, 0) is 4.79 Å². The van der Waals surface area contributed by atoms with Gasteiger partial charge in [-0.2, -0.15) is 0 Å². The molecule has 1 aromatic rings. The summed E-state index contributed by atoms with van der Waals surface area (Å²) in [6.45, 7) is 5.28. The smallest absolute Gasteiger partial charge is 0.329 e. The Morgan fingerprint density at radius 2 is 2.00 bits per heavy atom. The molecule has 0 unspecified atom stereocenters. The molecule has 0 aliphatic carbocycles. The number of carboxylic acid groups (broad SMARTS) is 1. The molecule has 0 aromatic carbocycles. The van der Waals surface area contributed by atoms with Gasteiger partial charge < -0.3 is 10.4 Å². The number of carbonyl (C=O) groups is 2. The van der Waals surface area contributed by atoms with Gasteiger partial charge in [0.1, 0.15) is 10.4 Å². The normalized spacial score (nSPS) is 11.3. The second-order valence-electron chi connectivity index (χ2n) is 4.11. The Labute approximate surface area is 115 Å². The number of nitrogens with one attached hydrogen (secondary N) is 1. The van der Waals surface area contributed by atoms with Gasteiger partial charge in [-0.25, -0.2) is 4.79 Å². The summed E-state index contributed by atoms with van der Waals surface area (Å²) >= 11 is 7.22. The van der Waals surface area contributed by atoms with E-state index in [2.05, 4.69) is 5.32 Å². The van der Waals surface area contributed by atoms with Gasteiger partial charge in [-0.1, -0.05) is 25.4 Å². The van der Waals surface area contributed by atoms with Gasteiger partial charge in [-0.3, -0.25) is 4.79 Å². The summed E-state index contributed by atoms with van der Waals surface area (Å²) in [7, 11) is 0. The lowest BCUT2D eigenvalue weighted by atomic mass is 9.93. The maximum Gasteiger partial charge on any atom is 0.329 e. The van der Waals surface area contributed by atoms with Crippen LogP contribution in [0, 0.1) is 6.92 Å². The van der Waals surface area contributed by atoms with Crippen LogP contribution in [-0.4, -0.2) is 22.5 Å². The van der Waals surface area contributed by atoms with E-state index in [0.717, 1.165) is 5.56 Å². The van der Waals surface area contributed by atoms with Crippen LogP contribution >= 0.6 is 22.9 Å². The monoisotopic (exact) mass is 289 g/mol. The van der Waals surface area contributed by atoms with Gasteiger partial charge in [0.15, 0.2) is 0 Å². The molecular formula is C12H16ClNO3S. The number of thiophene rings is 1. The first-order valence-electron chi connectivity index (χ1n) is 5.67. The third kappa shape index (κ3) is 2.67. The molecule has 0 atom stereocenters. The van der Waals surface area contributed by atoms with Crippen LogP contribution in [0.25, 0.3) is 0 Å². The molecule has 0 spiro atoms. The Bertz CT molecular complexity index is 466. The van der Waals surface area contributed by atoms with Crippen molar-refractivity contribution in [3.63, 3.8) is 0 Å². The molecule has 1 amide bonds. The number of halogens is 1. The van der Waals surface area contributed by atoms with Crippen LogP contribution in [0.15, 0.2) is 5.38 Å². The molecule has 1 aromatic heterocycles. The molecule has 4 nitrogen and oxygen atoms in total. The van der Waals surface area contributed by atoms with E-state index in [9.17, 15) is 14.7 Å². The van der Waals surface area contributed by atoms with E-state index < -0.39 is 17.4 Å². The molecular weight excluding hydrogens is 274 g/mol. The predicted molar refractivity (Wildman–Crippen MR) is 72.5 cm³/mol. The summed E-state index contributed by atoms with van der Waals surface area (Å²) in [5.74, 6) is -1.45. The Balaban J connectivity index is 2.99. The molecule has 2 N–H and O–H groups in total. The Kier molecular flexibility index (Phi) is 4.76. The number of amides is 1. The molecule has 18 heavy (non-hydrogen) atoms. The summed E-state index contributed by atoms with van der Waals surface area (Å²) in [5.41, 5.74) is -0.404. The summed E-state index contributed by atoms with van der Waals surface area (Å²) < 4.78 is 0. The summed E-state index contributed by atoms with van der Waals surface area (Å²) in [6.07, 6.45) is 0.652. The molecule has 6 heteroatoms. The van der Waals surface area contributed by atoms with Crippen LogP contribution in [0.5, 0.6) is 0 Å². The minimum absolute atomic E-state index is 0.326.